The summed E-state index contributed by atoms with van der Waals surface area (Å²) in [4.78, 5) is 0. The molecule has 1 unspecified atom stereocenters. The van der Waals surface area contributed by atoms with Crippen molar-refractivity contribution in [3.8, 4) is 0 Å². The molecule has 1 aromatic rings. The third kappa shape index (κ3) is 2.82. The van der Waals surface area contributed by atoms with Crippen LogP contribution in [0.2, 0.25) is 0 Å². The highest BCUT2D eigenvalue weighted by Gasteiger charge is 2.14. The van der Waals surface area contributed by atoms with Gasteiger partial charge < -0.3 is 5.11 Å². The topological polar surface area (TPSA) is 20.2 Å². The summed E-state index contributed by atoms with van der Waals surface area (Å²) in [6.45, 7) is 4.47. The molecule has 0 amide bonds. The fraction of sp³-hybridized carbons (Fsp3) is 0.455. The number of hydrogen-bond acceptors (Lipinski definition) is 1. The summed E-state index contributed by atoms with van der Waals surface area (Å²) in [5, 5.41) is 9.23. The molecule has 0 bridgehead atoms. The van der Waals surface area contributed by atoms with Crippen LogP contribution in [0.25, 0.3) is 0 Å². The van der Waals surface area contributed by atoms with E-state index in [2.05, 4.69) is 41.9 Å². The van der Waals surface area contributed by atoms with E-state index in [1.807, 2.05) is 12.1 Å². The predicted octanol–water partition coefficient (Wildman–Crippen LogP) is 3.18. The van der Waals surface area contributed by atoms with E-state index in [9.17, 15) is 5.11 Å². The molecule has 0 saturated heterocycles. The Balaban J connectivity index is 2.91. The van der Waals surface area contributed by atoms with Gasteiger partial charge in [0.05, 0.1) is 6.61 Å². The van der Waals surface area contributed by atoms with Gasteiger partial charge in [0.1, 0.15) is 0 Å². The zero-order chi connectivity index (χ0) is 9.84. The predicted molar refractivity (Wildman–Crippen MR) is 58.8 cm³/mol. The van der Waals surface area contributed by atoms with E-state index in [1.54, 1.807) is 0 Å². The lowest BCUT2D eigenvalue weighted by atomic mass is 9.89. The van der Waals surface area contributed by atoms with E-state index in [0.717, 1.165) is 4.47 Å². The standard InChI is InChI=1S/C11H15BrO/c1-8(2)11(7-13)9-4-3-5-10(12)6-9/h3-6,8,11,13H,7H2,1-2H3. The molecule has 0 aliphatic heterocycles. The number of aliphatic hydroxyl groups is 1. The molecule has 0 spiro atoms. The van der Waals surface area contributed by atoms with E-state index in [1.165, 1.54) is 5.56 Å². The zero-order valence-electron chi connectivity index (χ0n) is 8.00. The second kappa shape index (κ2) is 4.77. The molecule has 0 radical (unpaired) electrons. The molecule has 0 saturated carbocycles. The Morgan fingerprint density at radius 1 is 1.38 bits per heavy atom. The second-order valence-corrected chi connectivity index (χ2v) is 4.50. The van der Waals surface area contributed by atoms with Crippen LogP contribution in [0.5, 0.6) is 0 Å². The van der Waals surface area contributed by atoms with Gasteiger partial charge in [-0.3, -0.25) is 0 Å². The number of aliphatic hydroxyl groups excluding tert-OH is 1. The van der Waals surface area contributed by atoms with Crippen molar-refractivity contribution in [2.24, 2.45) is 5.92 Å². The van der Waals surface area contributed by atoms with Crippen molar-refractivity contribution in [3.05, 3.63) is 34.3 Å². The van der Waals surface area contributed by atoms with Gasteiger partial charge in [-0.05, 0) is 23.6 Å². The fourth-order valence-electron chi connectivity index (χ4n) is 1.44. The molecule has 0 aliphatic rings. The van der Waals surface area contributed by atoms with Crippen LogP contribution in [0.15, 0.2) is 28.7 Å². The summed E-state index contributed by atoms with van der Waals surface area (Å²) >= 11 is 3.43. The van der Waals surface area contributed by atoms with Gasteiger partial charge in [-0.15, -0.1) is 0 Å². The lowest BCUT2D eigenvalue weighted by molar-refractivity contribution is 0.237. The maximum absolute atomic E-state index is 9.23. The molecule has 1 atom stereocenters. The SMILES string of the molecule is CC(C)C(CO)c1cccc(Br)c1. The lowest BCUT2D eigenvalue weighted by Gasteiger charge is -2.18. The molecule has 1 rings (SSSR count). The third-order valence-corrected chi connectivity index (χ3v) is 2.77. The van der Waals surface area contributed by atoms with Crippen LogP contribution < -0.4 is 0 Å². The Morgan fingerprint density at radius 2 is 2.08 bits per heavy atom. The summed E-state index contributed by atoms with van der Waals surface area (Å²) in [6.07, 6.45) is 0. The molecule has 0 aliphatic carbocycles. The molecular weight excluding hydrogens is 228 g/mol. The molecule has 0 fully saturated rings. The zero-order valence-corrected chi connectivity index (χ0v) is 9.58. The second-order valence-electron chi connectivity index (χ2n) is 3.59. The maximum Gasteiger partial charge on any atom is 0.0502 e. The molecular formula is C11H15BrO. The Hall–Kier alpha value is -0.340. The van der Waals surface area contributed by atoms with Gasteiger partial charge in [-0.25, -0.2) is 0 Å². The van der Waals surface area contributed by atoms with Crippen molar-refractivity contribution in [1.29, 1.82) is 0 Å². The first-order valence-electron chi connectivity index (χ1n) is 4.51. The van der Waals surface area contributed by atoms with E-state index >= 15 is 0 Å². The first-order chi connectivity index (χ1) is 6.15. The largest absolute Gasteiger partial charge is 0.396 e. The van der Waals surface area contributed by atoms with Gasteiger partial charge in [0, 0.05) is 10.4 Å². The Labute approximate surface area is 87.9 Å². The van der Waals surface area contributed by atoms with E-state index in [0.29, 0.717) is 5.92 Å². The molecule has 1 N–H and O–H groups in total. The summed E-state index contributed by atoms with van der Waals surface area (Å²) in [7, 11) is 0. The molecule has 2 heteroatoms. The number of benzene rings is 1. The van der Waals surface area contributed by atoms with Crippen molar-refractivity contribution in [1.82, 2.24) is 0 Å². The van der Waals surface area contributed by atoms with E-state index in [4.69, 9.17) is 0 Å². The Kier molecular flexibility index (Phi) is 3.94. The van der Waals surface area contributed by atoms with Gasteiger partial charge in [-0.2, -0.15) is 0 Å². The van der Waals surface area contributed by atoms with Gasteiger partial charge >= 0.3 is 0 Å². The quantitative estimate of drug-likeness (QED) is 0.864. The Morgan fingerprint density at radius 3 is 2.54 bits per heavy atom. The molecule has 1 nitrogen and oxygen atoms in total. The minimum Gasteiger partial charge on any atom is -0.396 e. The summed E-state index contributed by atoms with van der Waals surface area (Å²) in [5.74, 6) is 0.719. The maximum atomic E-state index is 9.23. The van der Waals surface area contributed by atoms with Gasteiger partial charge in [-0.1, -0.05) is 41.9 Å². The van der Waals surface area contributed by atoms with Crippen LogP contribution >= 0.6 is 15.9 Å². The molecule has 0 heterocycles. The molecule has 0 aromatic heterocycles. The number of halogens is 1. The van der Waals surface area contributed by atoms with Crippen LogP contribution in [0, 0.1) is 5.92 Å². The average Bonchev–Trinajstić information content (AvgIpc) is 2.04. The normalized spacial score (nSPS) is 13.3. The summed E-state index contributed by atoms with van der Waals surface area (Å²) in [6, 6.07) is 8.13. The molecule has 13 heavy (non-hydrogen) atoms. The van der Waals surface area contributed by atoms with Crippen molar-refractivity contribution in [3.63, 3.8) is 0 Å². The van der Waals surface area contributed by atoms with Crippen LogP contribution in [-0.4, -0.2) is 11.7 Å². The van der Waals surface area contributed by atoms with Gasteiger partial charge in [0.15, 0.2) is 0 Å². The number of rotatable bonds is 3. The van der Waals surface area contributed by atoms with Crippen molar-refractivity contribution in [2.75, 3.05) is 6.61 Å². The summed E-state index contributed by atoms with van der Waals surface area (Å²) in [5.41, 5.74) is 1.20. The van der Waals surface area contributed by atoms with E-state index in [-0.39, 0.29) is 12.5 Å². The highest BCUT2D eigenvalue weighted by molar-refractivity contribution is 9.10. The van der Waals surface area contributed by atoms with Crippen LogP contribution in [0.1, 0.15) is 25.3 Å². The van der Waals surface area contributed by atoms with Crippen molar-refractivity contribution >= 4 is 15.9 Å². The molecule has 1 aromatic carbocycles. The monoisotopic (exact) mass is 242 g/mol. The fourth-order valence-corrected chi connectivity index (χ4v) is 1.86. The Bertz CT molecular complexity index is 271. The summed E-state index contributed by atoms with van der Waals surface area (Å²) < 4.78 is 1.07. The van der Waals surface area contributed by atoms with E-state index < -0.39 is 0 Å². The molecule has 72 valence electrons. The third-order valence-electron chi connectivity index (χ3n) is 2.28. The van der Waals surface area contributed by atoms with Crippen LogP contribution in [0.4, 0.5) is 0 Å². The van der Waals surface area contributed by atoms with Crippen molar-refractivity contribution < 1.29 is 5.11 Å². The lowest BCUT2D eigenvalue weighted by Crippen LogP contribution is -2.10. The minimum atomic E-state index is 0.216. The average molecular weight is 243 g/mol. The van der Waals surface area contributed by atoms with Gasteiger partial charge in [0.2, 0.25) is 0 Å². The minimum absolute atomic E-state index is 0.216. The number of hydrogen-bond donors (Lipinski definition) is 1. The van der Waals surface area contributed by atoms with Crippen LogP contribution in [-0.2, 0) is 0 Å². The first kappa shape index (κ1) is 10.7. The smallest absolute Gasteiger partial charge is 0.0502 e. The highest BCUT2D eigenvalue weighted by Crippen LogP contribution is 2.25. The first-order valence-corrected chi connectivity index (χ1v) is 5.30. The van der Waals surface area contributed by atoms with Gasteiger partial charge in [0.25, 0.3) is 0 Å². The highest BCUT2D eigenvalue weighted by atomic mass is 79.9. The van der Waals surface area contributed by atoms with Crippen LogP contribution in [0.3, 0.4) is 0 Å². The van der Waals surface area contributed by atoms with Crippen molar-refractivity contribution in [2.45, 2.75) is 19.8 Å².